The van der Waals surface area contributed by atoms with Crippen LogP contribution < -0.4 is 25.7 Å². The number of ether oxygens (including phenoxy) is 2. The van der Waals surface area contributed by atoms with E-state index in [2.05, 4.69) is 19.9 Å². The Bertz CT molecular complexity index is 2360. The van der Waals surface area contributed by atoms with E-state index in [0.29, 0.717) is 25.7 Å². The maximum atomic E-state index is 14.9. The molecule has 19 heteroatoms. The van der Waals surface area contributed by atoms with E-state index in [0.717, 1.165) is 9.58 Å². The van der Waals surface area contributed by atoms with Crippen molar-refractivity contribution in [1.82, 2.24) is 30.0 Å². The molecule has 3 heterocycles. The SMILES string of the molecule is [2H]C([2H])([2H])C(OC(=O)N[C@@H]1C(=O)N2C[C@H](Oc3nn(CC)c(=O)c4ccccc34)C[C@H]2C(=O)N[C@]2(C(=O)NS(=O)(=O)C3(C)CC3)C[C@H]2/C=C\CC[C@@H](C)C[C@H]1C)(C([2H])([2H])[2H])C(F)(F)F. The lowest BCUT2D eigenvalue weighted by atomic mass is 9.88. The van der Waals surface area contributed by atoms with Gasteiger partial charge in [0.25, 0.3) is 11.5 Å². The second kappa shape index (κ2) is 15.5. The second-order valence-corrected chi connectivity index (χ2v) is 18.3. The zero-order valence-electron chi connectivity index (χ0n) is 38.4. The minimum Gasteiger partial charge on any atom is -0.471 e. The van der Waals surface area contributed by atoms with Crippen LogP contribution in [0.3, 0.4) is 0 Å². The number of hydrogen-bond donors (Lipinski definition) is 3. The number of carbonyl (C=O) groups excluding carboxylic acids is 4. The van der Waals surface area contributed by atoms with Crippen LogP contribution in [0.2, 0.25) is 0 Å². The summed E-state index contributed by atoms with van der Waals surface area (Å²) >= 11 is 0. The van der Waals surface area contributed by atoms with Gasteiger partial charge in [-0.15, -0.1) is 5.10 Å². The number of amides is 4. The quantitative estimate of drug-likeness (QED) is 0.326. The van der Waals surface area contributed by atoms with Gasteiger partial charge < -0.3 is 25.0 Å². The number of aryl methyl sites for hydroxylation is 1. The molecule has 58 heavy (non-hydrogen) atoms. The average molecular weight is 843 g/mol. The molecule has 1 saturated heterocycles. The number of fused-ring (bicyclic) bond motifs is 3. The van der Waals surface area contributed by atoms with Crippen molar-refractivity contribution in [3.63, 3.8) is 0 Å². The zero-order valence-corrected chi connectivity index (χ0v) is 33.2. The number of halogens is 3. The molecule has 0 bridgehead atoms. The number of carbonyl (C=O) groups is 4. The minimum absolute atomic E-state index is 0.0150. The van der Waals surface area contributed by atoms with Gasteiger partial charge in [0.2, 0.25) is 33.3 Å². The molecule has 1 aromatic heterocycles. The van der Waals surface area contributed by atoms with Crippen LogP contribution in [-0.4, -0.2) is 93.7 Å². The first kappa shape index (κ1) is 35.3. The van der Waals surface area contributed by atoms with Crippen molar-refractivity contribution >= 4 is 44.6 Å². The number of allylic oxidation sites excluding steroid dienone is 1. The highest BCUT2D eigenvalue weighted by Gasteiger charge is 2.63. The first-order valence-electron chi connectivity index (χ1n) is 22.1. The van der Waals surface area contributed by atoms with Crippen LogP contribution in [0, 0.1) is 17.8 Å². The molecule has 6 rings (SSSR count). The predicted octanol–water partition coefficient (Wildman–Crippen LogP) is 4.09. The Morgan fingerprint density at radius 3 is 2.43 bits per heavy atom. The van der Waals surface area contributed by atoms with Crippen molar-refractivity contribution in [3.8, 4) is 5.88 Å². The van der Waals surface area contributed by atoms with Gasteiger partial charge >= 0.3 is 12.3 Å². The maximum absolute atomic E-state index is 14.9. The summed E-state index contributed by atoms with van der Waals surface area (Å²) in [5, 5.41) is 9.55. The maximum Gasteiger partial charge on any atom is 0.427 e. The van der Waals surface area contributed by atoms with Gasteiger partial charge in [0.15, 0.2) is 0 Å². The van der Waals surface area contributed by atoms with Crippen molar-refractivity contribution in [3.05, 3.63) is 46.8 Å². The lowest BCUT2D eigenvalue weighted by Crippen LogP contribution is -2.59. The van der Waals surface area contributed by atoms with Gasteiger partial charge in [0.05, 0.1) is 22.1 Å². The topological polar surface area (TPSA) is 195 Å². The number of alkyl carbamates (subject to hydrolysis) is 1. The van der Waals surface area contributed by atoms with Gasteiger partial charge in [-0.1, -0.05) is 38.1 Å². The molecule has 2 aliphatic heterocycles. The van der Waals surface area contributed by atoms with Crippen LogP contribution in [-0.2, 0) is 35.7 Å². The molecule has 0 unspecified atom stereocenters. The largest absolute Gasteiger partial charge is 0.471 e. The van der Waals surface area contributed by atoms with Gasteiger partial charge in [0, 0.05) is 27.1 Å². The Morgan fingerprint density at radius 2 is 1.79 bits per heavy atom. The highest BCUT2D eigenvalue weighted by Crippen LogP contribution is 2.47. The number of hydrogen-bond acceptors (Lipinski definition) is 10. The van der Waals surface area contributed by atoms with Crippen LogP contribution in [0.25, 0.3) is 10.8 Å². The van der Waals surface area contributed by atoms with Crippen LogP contribution in [0.1, 0.15) is 94.6 Å². The van der Waals surface area contributed by atoms with E-state index < -0.39 is 112 Å². The molecule has 2 aliphatic carbocycles. The van der Waals surface area contributed by atoms with Gasteiger partial charge in [-0.25, -0.2) is 17.9 Å². The number of nitrogens with zero attached hydrogens (tertiary/aromatic N) is 3. The number of sulfonamides is 1. The molecular weight excluding hydrogens is 786 g/mol. The zero-order chi connectivity index (χ0) is 47.6. The summed E-state index contributed by atoms with van der Waals surface area (Å²) in [5.74, 6) is -5.03. The molecule has 318 valence electrons. The predicted molar refractivity (Wildman–Crippen MR) is 205 cm³/mol. The minimum atomic E-state index is -6.17. The molecule has 0 radical (unpaired) electrons. The fourth-order valence-electron chi connectivity index (χ4n) is 7.61. The van der Waals surface area contributed by atoms with E-state index in [4.69, 9.17) is 13.0 Å². The third-order valence-corrected chi connectivity index (χ3v) is 13.7. The number of nitrogens with one attached hydrogen (secondary N) is 3. The van der Waals surface area contributed by atoms with Gasteiger partial charge in [0.1, 0.15) is 23.7 Å². The van der Waals surface area contributed by atoms with Crippen LogP contribution in [0.4, 0.5) is 18.0 Å². The van der Waals surface area contributed by atoms with Crippen molar-refractivity contribution in [1.29, 1.82) is 0 Å². The summed E-state index contributed by atoms with van der Waals surface area (Å²) in [6.45, 7) is -2.88. The molecule has 7 atom stereocenters. The van der Waals surface area contributed by atoms with Gasteiger partial charge in [-0.05, 0) is 90.0 Å². The Labute approximate surface area is 342 Å². The standard InChI is InChI=1S/C39H51F3N6O9S/c1-7-48-32(50)27-15-11-10-14-26(27)31(45-48)56-25-19-28-30(49)44-38(34(52)46-58(54,55)37(6)16-17-37)20-24(38)13-9-8-12-22(2)18-23(3)29(33(51)47(28)21-25)43-35(53)57-36(4,5)39(40,41)42/h9-11,13-15,22-25,28-29H,7-8,12,16-21H2,1-6H3,(H,43,53)(H,44,49)(H,46,52)/b13-9-/t22-,23-,24-,25-,28+,29+,38-/m1/s1/i4D3,5D3. The number of alkyl halides is 3. The molecule has 15 nitrogen and oxygen atoms in total. The Kier molecular flexibility index (Phi) is 9.42. The van der Waals surface area contributed by atoms with Crippen molar-refractivity contribution in [2.75, 3.05) is 6.54 Å². The fraction of sp³-hybridized carbons (Fsp3) is 0.641. The van der Waals surface area contributed by atoms with E-state index in [1.165, 1.54) is 13.8 Å². The first-order valence-corrected chi connectivity index (χ1v) is 20.6. The van der Waals surface area contributed by atoms with Crippen LogP contribution in [0.5, 0.6) is 5.88 Å². The lowest BCUT2D eigenvalue weighted by molar-refractivity contribution is -0.244. The van der Waals surface area contributed by atoms with Crippen molar-refractivity contribution in [2.45, 2.75) is 133 Å². The summed E-state index contributed by atoms with van der Waals surface area (Å²) in [6, 6.07) is 2.92. The lowest BCUT2D eigenvalue weighted by Gasteiger charge is -2.34. The summed E-state index contributed by atoms with van der Waals surface area (Å²) in [4.78, 5) is 71.1. The van der Waals surface area contributed by atoms with E-state index in [-0.39, 0.29) is 48.4 Å². The molecular formula is C39H51F3N6O9S. The van der Waals surface area contributed by atoms with Crippen molar-refractivity contribution < 1.29 is 58.5 Å². The molecule has 2 aromatic rings. The number of rotatable bonds is 8. The molecule has 3 fully saturated rings. The van der Waals surface area contributed by atoms with E-state index in [1.54, 1.807) is 50.3 Å². The molecule has 1 aromatic carbocycles. The third-order valence-electron chi connectivity index (χ3n) is 11.6. The monoisotopic (exact) mass is 842 g/mol. The van der Waals surface area contributed by atoms with E-state index in [1.807, 2.05) is 5.32 Å². The Balaban J connectivity index is 1.41. The molecule has 0 spiro atoms. The van der Waals surface area contributed by atoms with Crippen LogP contribution >= 0.6 is 0 Å². The van der Waals surface area contributed by atoms with Gasteiger partial charge in [-0.3, -0.25) is 23.9 Å². The van der Waals surface area contributed by atoms with Gasteiger partial charge in [-0.2, -0.15) is 13.2 Å². The average Bonchev–Trinajstić information content (AvgIpc) is 4.07. The third kappa shape index (κ3) is 8.41. The normalized spacial score (nSPS) is 31.5. The summed E-state index contributed by atoms with van der Waals surface area (Å²) in [7, 11) is -4.18. The molecule has 4 amide bonds. The first-order chi connectivity index (χ1) is 29.5. The van der Waals surface area contributed by atoms with E-state index >= 15 is 0 Å². The fourth-order valence-corrected chi connectivity index (χ4v) is 8.93. The highest BCUT2D eigenvalue weighted by molar-refractivity contribution is 7.91. The smallest absolute Gasteiger partial charge is 0.427 e. The highest BCUT2D eigenvalue weighted by atomic mass is 32.2. The molecule has 2 saturated carbocycles. The second-order valence-electron chi connectivity index (χ2n) is 16.1. The van der Waals surface area contributed by atoms with E-state index in [9.17, 15) is 45.6 Å². The van der Waals surface area contributed by atoms with Crippen molar-refractivity contribution in [2.24, 2.45) is 17.8 Å². The summed E-state index contributed by atoms with van der Waals surface area (Å²) in [6.07, 6.45) is -4.82. The van der Waals surface area contributed by atoms with Crippen LogP contribution in [0.15, 0.2) is 41.2 Å². The molecule has 3 N–H and O–H groups in total. The Hall–Kier alpha value is -4.68. The molecule has 4 aliphatic rings. The Morgan fingerprint density at radius 1 is 1.10 bits per heavy atom. The summed E-state index contributed by atoms with van der Waals surface area (Å²) in [5.41, 5.74) is -7.24. The number of benzene rings is 1. The summed E-state index contributed by atoms with van der Waals surface area (Å²) < 4.78 is 128. The number of aromatic nitrogens is 2.